The summed E-state index contributed by atoms with van der Waals surface area (Å²) in [6.07, 6.45) is 0. The molecule has 0 radical (unpaired) electrons. The molecule has 19 heavy (non-hydrogen) atoms. The van der Waals surface area contributed by atoms with Crippen LogP contribution in [-0.4, -0.2) is 11.1 Å². The van der Waals surface area contributed by atoms with Gasteiger partial charge < -0.3 is 15.7 Å². The number of phenolic OH excluding ortho intramolecular Hbond substituents is 1. The van der Waals surface area contributed by atoms with E-state index in [4.69, 9.17) is 11.6 Å². The number of carbonyl (C=O) groups is 1. The summed E-state index contributed by atoms with van der Waals surface area (Å²) >= 11 is 5.82. The van der Waals surface area contributed by atoms with E-state index in [2.05, 4.69) is 10.6 Å². The summed E-state index contributed by atoms with van der Waals surface area (Å²) in [6.45, 7) is 1.87. The van der Waals surface area contributed by atoms with Crippen LogP contribution in [0.15, 0.2) is 42.5 Å². The standard InChI is InChI=1S/C14H13ClN2O2/c1-9-5-6-13(18)12(7-9)17-14(19)16-11-4-2-3-10(15)8-11/h2-8,18H,1H3,(H2,16,17,19). The van der Waals surface area contributed by atoms with Crippen molar-refractivity contribution in [2.24, 2.45) is 0 Å². The van der Waals surface area contributed by atoms with Gasteiger partial charge >= 0.3 is 6.03 Å². The van der Waals surface area contributed by atoms with Gasteiger partial charge in [0.2, 0.25) is 0 Å². The van der Waals surface area contributed by atoms with E-state index in [9.17, 15) is 9.90 Å². The van der Waals surface area contributed by atoms with Gasteiger partial charge in [0.25, 0.3) is 0 Å². The lowest BCUT2D eigenvalue weighted by atomic mass is 10.2. The van der Waals surface area contributed by atoms with Crippen LogP contribution in [0.5, 0.6) is 5.75 Å². The minimum atomic E-state index is -0.442. The summed E-state index contributed by atoms with van der Waals surface area (Å²) in [7, 11) is 0. The molecule has 0 saturated heterocycles. The largest absolute Gasteiger partial charge is 0.506 e. The number of hydrogen-bond donors (Lipinski definition) is 3. The van der Waals surface area contributed by atoms with E-state index in [1.165, 1.54) is 6.07 Å². The third-order valence-electron chi connectivity index (χ3n) is 2.48. The van der Waals surface area contributed by atoms with Gasteiger partial charge in [-0.3, -0.25) is 0 Å². The Labute approximate surface area is 116 Å². The third kappa shape index (κ3) is 3.63. The third-order valence-corrected chi connectivity index (χ3v) is 2.72. The highest BCUT2D eigenvalue weighted by Gasteiger charge is 2.06. The summed E-state index contributed by atoms with van der Waals surface area (Å²) in [4.78, 5) is 11.8. The van der Waals surface area contributed by atoms with Crippen molar-refractivity contribution in [3.05, 3.63) is 53.1 Å². The number of carbonyl (C=O) groups excluding carboxylic acids is 1. The van der Waals surface area contributed by atoms with Crippen molar-refractivity contribution in [3.8, 4) is 5.75 Å². The second-order valence-corrected chi connectivity index (χ2v) is 4.55. The average molecular weight is 277 g/mol. The molecule has 0 heterocycles. The monoisotopic (exact) mass is 276 g/mol. The van der Waals surface area contributed by atoms with Crippen molar-refractivity contribution < 1.29 is 9.90 Å². The number of amides is 2. The van der Waals surface area contributed by atoms with Crippen molar-refractivity contribution in [3.63, 3.8) is 0 Å². The van der Waals surface area contributed by atoms with E-state index in [-0.39, 0.29) is 5.75 Å². The van der Waals surface area contributed by atoms with Crippen LogP contribution in [0.3, 0.4) is 0 Å². The zero-order valence-corrected chi connectivity index (χ0v) is 11.0. The Morgan fingerprint density at radius 2 is 1.95 bits per heavy atom. The molecule has 0 aliphatic heterocycles. The first kappa shape index (κ1) is 13.2. The molecule has 3 N–H and O–H groups in total. The maximum absolute atomic E-state index is 11.8. The fourth-order valence-corrected chi connectivity index (χ4v) is 1.79. The second kappa shape index (κ2) is 5.63. The fourth-order valence-electron chi connectivity index (χ4n) is 1.60. The molecular weight excluding hydrogens is 264 g/mol. The quantitative estimate of drug-likeness (QED) is 0.726. The van der Waals surface area contributed by atoms with Crippen LogP contribution in [0.25, 0.3) is 0 Å². The highest BCUT2D eigenvalue weighted by molar-refractivity contribution is 6.30. The molecule has 0 bridgehead atoms. The lowest BCUT2D eigenvalue weighted by molar-refractivity contribution is 0.262. The number of phenols is 1. The Bertz CT molecular complexity index is 614. The van der Waals surface area contributed by atoms with Crippen molar-refractivity contribution in [1.29, 1.82) is 0 Å². The van der Waals surface area contributed by atoms with Crippen molar-refractivity contribution in [2.45, 2.75) is 6.92 Å². The average Bonchev–Trinajstić information content (AvgIpc) is 2.34. The van der Waals surface area contributed by atoms with Crippen molar-refractivity contribution in [2.75, 3.05) is 10.6 Å². The summed E-state index contributed by atoms with van der Waals surface area (Å²) < 4.78 is 0. The Balaban J connectivity index is 2.07. The number of benzene rings is 2. The van der Waals surface area contributed by atoms with Crippen LogP contribution in [0.2, 0.25) is 5.02 Å². The molecule has 0 fully saturated rings. The number of aryl methyl sites for hydroxylation is 1. The molecule has 98 valence electrons. The maximum Gasteiger partial charge on any atom is 0.323 e. The van der Waals surface area contributed by atoms with Gasteiger partial charge in [0.15, 0.2) is 0 Å². The predicted octanol–water partition coefficient (Wildman–Crippen LogP) is 4.00. The van der Waals surface area contributed by atoms with Crippen LogP contribution in [0, 0.1) is 6.92 Å². The number of nitrogens with one attached hydrogen (secondary N) is 2. The van der Waals surface area contributed by atoms with Gasteiger partial charge in [0.1, 0.15) is 5.75 Å². The molecule has 5 heteroatoms. The Hall–Kier alpha value is -2.20. The molecule has 0 aliphatic carbocycles. The first-order valence-corrected chi connectivity index (χ1v) is 6.05. The topological polar surface area (TPSA) is 61.4 Å². The van der Waals surface area contributed by atoms with Gasteiger partial charge in [-0.05, 0) is 42.8 Å². The van der Waals surface area contributed by atoms with Crippen LogP contribution in [0.1, 0.15) is 5.56 Å². The SMILES string of the molecule is Cc1ccc(O)c(NC(=O)Nc2cccc(Cl)c2)c1. The van der Waals surface area contributed by atoms with E-state index in [0.717, 1.165) is 5.56 Å². The van der Waals surface area contributed by atoms with Gasteiger partial charge in [-0.1, -0.05) is 23.7 Å². The van der Waals surface area contributed by atoms with Crippen LogP contribution in [-0.2, 0) is 0 Å². The number of rotatable bonds is 2. The predicted molar refractivity (Wildman–Crippen MR) is 76.9 cm³/mol. The van der Waals surface area contributed by atoms with Crippen LogP contribution >= 0.6 is 11.6 Å². The molecule has 2 rings (SSSR count). The highest BCUT2D eigenvalue weighted by atomic mass is 35.5. The fraction of sp³-hybridized carbons (Fsp3) is 0.0714. The first-order valence-electron chi connectivity index (χ1n) is 5.68. The van der Waals surface area contributed by atoms with Gasteiger partial charge in [-0.2, -0.15) is 0 Å². The van der Waals surface area contributed by atoms with Gasteiger partial charge in [0.05, 0.1) is 5.69 Å². The normalized spacial score (nSPS) is 10.0. The smallest absolute Gasteiger partial charge is 0.323 e. The van der Waals surface area contributed by atoms with Gasteiger partial charge in [-0.15, -0.1) is 0 Å². The molecule has 0 aliphatic rings. The van der Waals surface area contributed by atoms with Gasteiger partial charge in [-0.25, -0.2) is 4.79 Å². The number of anilines is 2. The summed E-state index contributed by atoms with van der Waals surface area (Å²) in [6, 6.07) is 11.4. The molecule has 0 spiro atoms. The molecule has 4 nitrogen and oxygen atoms in total. The molecule has 0 aromatic heterocycles. The number of halogens is 1. The Kier molecular flexibility index (Phi) is 3.92. The van der Waals surface area contributed by atoms with Crippen molar-refractivity contribution in [1.82, 2.24) is 0 Å². The molecule has 2 aromatic rings. The van der Waals surface area contributed by atoms with E-state index >= 15 is 0 Å². The Morgan fingerprint density at radius 3 is 2.68 bits per heavy atom. The van der Waals surface area contributed by atoms with E-state index in [1.54, 1.807) is 36.4 Å². The second-order valence-electron chi connectivity index (χ2n) is 4.11. The lowest BCUT2D eigenvalue weighted by Gasteiger charge is -2.09. The van der Waals surface area contributed by atoms with E-state index in [0.29, 0.717) is 16.4 Å². The lowest BCUT2D eigenvalue weighted by Crippen LogP contribution is -2.19. The zero-order valence-electron chi connectivity index (χ0n) is 10.3. The molecular formula is C14H13ClN2O2. The number of urea groups is 1. The van der Waals surface area contributed by atoms with Crippen LogP contribution < -0.4 is 10.6 Å². The zero-order chi connectivity index (χ0) is 13.8. The van der Waals surface area contributed by atoms with Gasteiger partial charge in [0, 0.05) is 10.7 Å². The van der Waals surface area contributed by atoms with Crippen LogP contribution in [0.4, 0.5) is 16.2 Å². The molecule has 2 aromatic carbocycles. The highest BCUT2D eigenvalue weighted by Crippen LogP contribution is 2.24. The summed E-state index contributed by atoms with van der Waals surface area (Å²) in [5.41, 5.74) is 1.88. The van der Waals surface area contributed by atoms with E-state index in [1.807, 2.05) is 6.92 Å². The number of aromatic hydroxyl groups is 1. The number of hydrogen-bond acceptors (Lipinski definition) is 2. The Morgan fingerprint density at radius 1 is 1.16 bits per heavy atom. The molecule has 2 amide bonds. The van der Waals surface area contributed by atoms with E-state index < -0.39 is 6.03 Å². The summed E-state index contributed by atoms with van der Waals surface area (Å²) in [5.74, 6) is 0.0202. The molecule has 0 unspecified atom stereocenters. The van der Waals surface area contributed by atoms with Crippen molar-refractivity contribution >= 4 is 29.0 Å². The first-order chi connectivity index (χ1) is 9.04. The summed E-state index contributed by atoms with van der Waals surface area (Å²) in [5, 5.41) is 15.4. The molecule has 0 saturated carbocycles. The molecule has 0 atom stereocenters. The minimum Gasteiger partial charge on any atom is -0.506 e. The minimum absolute atomic E-state index is 0.0202. The maximum atomic E-state index is 11.8.